The molecule has 0 radical (unpaired) electrons. The topological polar surface area (TPSA) is 136 Å². The SMILES string of the molecule is CN(CC(=O)NC1(CN)CCCC1)S(=O)(=O)c1cccc([N+](=O)[O-])c1. The maximum atomic E-state index is 12.5. The average molecular weight is 370 g/mol. The van der Waals surface area contributed by atoms with Gasteiger partial charge in [0.05, 0.1) is 21.9 Å². The summed E-state index contributed by atoms with van der Waals surface area (Å²) >= 11 is 0. The van der Waals surface area contributed by atoms with Crippen LogP contribution in [-0.4, -0.2) is 49.2 Å². The highest BCUT2D eigenvalue weighted by Gasteiger charge is 2.34. The van der Waals surface area contributed by atoms with Gasteiger partial charge in [-0.1, -0.05) is 18.9 Å². The number of likely N-dealkylation sites (N-methyl/N-ethyl adjacent to an activating group) is 1. The summed E-state index contributed by atoms with van der Waals surface area (Å²) in [6, 6.07) is 4.73. The zero-order chi connectivity index (χ0) is 18.7. The minimum Gasteiger partial charge on any atom is -0.348 e. The van der Waals surface area contributed by atoms with E-state index >= 15 is 0 Å². The number of carbonyl (C=O) groups is 1. The Labute approximate surface area is 146 Å². The molecule has 10 heteroatoms. The standard InChI is InChI=1S/C15H22N4O5S/c1-18(10-14(20)17-15(11-16)7-2-3-8-15)25(23,24)13-6-4-5-12(9-13)19(21)22/h4-6,9H,2-3,7-8,10-11,16H2,1H3,(H,17,20). The van der Waals surface area contributed by atoms with Gasteiger partial charge in [0.25, 0.3) is 5.69 Å². The largest absolute Gasteiger partial charge is 0.348 e. The van der Waals surface area contributed by atoms with Gasteiger partial charge in [-0.15, -0.1) is 0 Å². The number of amides is 1. The summed E-state index contributed by atoms with van der Waals surface area (Å²) in [5.41, 5.74) is 4.97. The molecule has 0 spiro atoms. The molecule has 0 saturated heterocycles. The van der Waals surface area contributed by atoms with Crippen molar-refractivity contribution in [2.24, 2.45) is 5.73 Å². The second-order valence-corrected chi connectivity index (χ2v) is 8.30. The molecule has 9 nitrogen and oxygen atoms in total. The quantitative estimate of drug-likeness (QED) is 0.533. The lowest BCUT2D eigenvalue weighted by molar-refractivity contribution is -0.385. The van der Waals surface area contributed by atoms with Crippen LogP contribution >= 0.6 is 0 Å². The maximum Gasteiger partial charge on any atom is 0.270 e. The smallest absolute Gasteiger partial charge is 0.270 e. The van der Waals surface area contributed by atoms with Crippen LogP contribution in [0.15, 0.2) is 29.2 Å². The van der Waals surface area contributed by atoms with Crippen LogP contribution in [0.1, 0.15) is 25.7 Å². The van der Waals surface area contributed by atoms with Gasteiger partial charge in [0.15, 0.2) is 0 Å². The number of sulfonamides is 1. The zero-order valence-electron chi connectivity index (χ0n) is 14.0. The van der Waals surface area contributed by atoms with E-state index in [0.717, 1.165) is 36.1 Å². The van der Waals surface area contributed by atoms with Gasteiger partial charge in [-0.25, -0.2) is 8.42 Å². The highest BCUT2D eigenvalue weighted by molar-refractivity contribution is 7.89. The molecule has 25 heavy (non-hydrogen) atoms. The Balaban J connectivity index is 2.10. The second kappa shape index (κ2) is 7.46. The van der Waals surface area contributed by atoms with Crippen molar-refractivity contribution in [1.82, 2.24) is 9.62 Å². The molecule has 1 aromatic carbocycles. The van der Waals surface area contributed by atoms with Crippen molar-refractivity contribution in [3.8, 4) is 0 Å². The Kier molecular flexibility index (Phi) is 5.76. The Morgan fingerprint density at radius 2 is 2.04 bits per heavy atom. The van der Waals surface area contributed by atoms with Gasteiger partial charge >= 0.3 is 0 Å². The Morgan fingerprint density at radius 3 is 2.60 bits per heavy atom. The minimum atomic E-state index is -4.01. The third kappa shape index (κ3) is 4.33. The van der Waals surface area contributed by atoms with E-state index in [1.54, 1.807) is 0 Å². The molecule has 0 aromatic heterocycles. The highest BCUT2D eigenvalue weighted by Crippen LogP contribution is 2.28. The summed E-state index contributed by atoms with van der Waals surface area (Å²) in [6.45, 7) is -0.0765. The first-order valence-corrected chi connectivity index (χ1v) is 9.36. The summed E-state index contributed by atoms with van der Waals surface area (Å²) < 4.78 is 25.9. The van der Waals surface area contributed by atoms with E-state index in [1.165, 1.54) is 25.2 Å². The highest BCUT2D eigenvalue weighted by atomic mass is 32.2. The molecule has 1 amide bonds. The van der Waals surface area contributed by atoms with Gasteiger partial charge in [0, 0.05) is 25.7 Å². The van der Waals surface area contributed by atoms with Gasteiger partial charge in [-0.2, -0.15) is 4.31 Å². The van der Waals surface area contributed by atoms with Crippen molar-refractivity contribution in [2.75, 3.05) is 20.1 Å². The zero-order valence-corrected chi connectivity index (χ0v) is 14.8. The van der Waals surface area contributed by atoms with Gasteiger partial charge in [-0.05, 0) is 18.9 Å². The molecule has 0 bridgehead atoms. The monoisotopic (exact) mass is 370 g/mol. The van der Waals surface area contributed by atoms with E-state index in [-0.39, 0.29) is 17.1 Å². The fourth-order valence-corrected chi connectivity index (χ4v) is 4.16. The molecular formula is C15H22N4O5S. The number of hydrogen-bond acceptors (Lipinski definition) is 6. The Bertz CT molecular complexity index is 759. The first-order chi connectivity index (χ1) is 11.7. The van der Waals surface area contributed by atoms with Crippen molar-refractivity contribution in [3.63, 3.8) is 0 Å². The van der Waals surface area contributed by atoms with E-state index in [0.29, 0.717) is 6.54 Å². The number of nitrogens with one attached hydrogen (secondary N) is 1. The summed E-state index contributed by atoms with van der Waals surface area (Å²) in [4.78, 5) is 22.2. The number of nitro groups is 1. The Hall–Kier alpha value is -2.04. The van der Waals surface area contributed by atoms with Gasteiger partial charge in [0.1, 0.15) is 0 Å². The summed E-state index contributed by atoms with van der Waals surface area (Å²) in [6.07, 6.45) is 3.49. The molecule has 2 rings (SSSR count). The lowest BCUT2D eigenvalue weighted by atomic mass is 9.98. The fourth-order valence-electron chi connectivity index (χ4n) is 2.99. The lowest BCUT2D eigenvalue weighted by Crippen LogP contribution is -2.54. The van der Waals surface area contributed by atoms with E-state index < -0.39 is 26.4 Å². The number of carbonyl (C=O) groups excluding carboxylic acids is 1. The summed E-state index contributed by atoms with van der Waals surface area (Å²) in [5, 5.41) is 13.7. The third-order valence-corrected chi connectivity index (χ3v) is 6.26. The number of non-ortho nitro benzene ring substituents is 1. The van der Waals surface area contributed by atoms with Gasteiger partial charge < -0.3 is 11.1 Å². The maximum absolute atomic E-state index is 12.5. The number of nitro benzene ring substituents is 1. The molecule has 138 valence electrons. The summed E-state index contributed by atoms with van der Waals surface area (Å²) in [5.74, 6) is -0.441. The second-order valence-electron chi connectivity index (χ2n) is 6.26. The number of nitrogens with two attached hydrogens (primary N) is 1. The molecule has 1 fully saturated rings. The molecule has 1 aromatic rings. The van der Waals surface area contributed by atoms with E-state index in [9.17, 15) is 23.3 Å². The number of nitrogens with zero attached hydrogens (tertiary/aromatic N) is 2. The molecule has 0 unspecified atom stereocenters. The predicted molar refractivity (Wildman–Crippen MR) is 91.3 cm³/mol. The average Bonchev–Trinajstić information content (AvgIpc) is 3.03. The summed E-state index contributed by atoms with van der Waals surface area (Å²) in [7, 11) is -2.75. The first-order valence-electron chi connectivity index (χ1n) is 7.92. The van der Waals surface area contributed by atoms with Crippen molar-refractivity contribution >= 4 is 21.6 Å². The Morgan fingerprint density at radius 1 is 1.40 bits per heavy atom. The fraction of sp³-hybridized carbons (Fsp3) is 0.533. The first kappa shape index (κ1) is 19.3. The van der Waals surface area contributed by atoms with E-state index in [1.807, 2.05) is 0 Å². The van der Waals surface area contributed by atoms with Gasteiger partial charge in [-0.3, -0.25) is 14.9 Å². The van der Waals surface area contributed by atoms with Gasteiger partial charge in [0.2, 0.25) is 15.9 Å². The third-order valence-electron chi connectivity index (χ3n) is 4.46. The number of hydrogen-bond donors (Lipinski definition) is 2. The van der Waals surface area contributed by atoms with Crippen LogP contribution in [-0.2, 0) is 14.8 Å². The van der Waals surface area contributed by atoms with Crippen molar-refractivity contribution < 1.29 is 18.1 Å². The van der Waals surface area contributed by atoms with Crippen LogP contribution in [0.4, 0.5) is 5.69 Å². The molecular weight excluding hydrogens is 348 g/mol. The number of rotatable bonds is 7. The molecule has 0 aliphatic heterocycles. The van der Waals surface area contributed by atoms with Crippen LogP contribution in [0.3, 0.4) is 0 Å². The van der Waals surface area contributed by atoms with Crippen LogP contribution in [0, 0.1) is 10.1 Å². The predicted octanol–water partition coefficient (Wildman–Crippen LogP) is 0.603. The van der Waals surface area contributed by atoms with Crippen LogP contribution in [0.2, 0.25) is 0 Å². The van der Waals surface area contributed by atoms with Crippen LogP contribution in [0.25, 0.3) is 0 Å². The van der Waals surface area contributed by atoms with Crippen molar-refractivity contribution in [2.45, 2.75) is 36.1 Å². The van der Waals surface area contributed by atoms with Crippen molar-refractivity contribution in [3.05, 3.63) is 34.4 Å². The lowest BCUT2D eigenvalue weighted by Gasteiger charge is -2.29. The molecule has 0 atom stereocenters. The minimum absolute atomic E-state index is 0.230. The molecule has 1 aliphatic carbocycles. The van der Waals surface area contributed by atoms with Crippen LogP contribution in [0.5, 0.6) is 0 Å². The van der Waals surface area contributed by atoms with E-state index in [2.05, 4.69) is 5.32 Å². The molecule has 3 N–H and O–H groups in total. The normalized spacial score (nSPS) is 16.8. The van der Waals surface area contributed by atoms with Crippen LogP contribution < -0.4 is 11.1 Å². The van der Waals surface area contributed by atoms with Crippen molar-refractivity contribution in [1.29, 1.82) is 0 Å². The van der Waals surface area contributed by atoms with E-state index in [4.69, 9.17) is 5.73 Å². The molecule has 0 heterocycles. The number of benzene rings is 1. The molecule has 1 aliphatic rings. The molecule has 1 saturated carbocycles.